The van der Waals surface area contributed by atoms with Crippen LogP contribution in [0.5, 0.6) is 17.2 Å². The highest BCUT2D eigenvalue weighted by Gasteiger charge is 2.12. The van der Waals surface area contributed by atoms with Gasteiger partial charge in [-0.1, -0.05) is 6.92 Å². The normalized spacial score (nSPS) is 11.0. The van der Waals surface area contributed by atoms with Gasteiger partial charge in [-0.2, -0.15) is 0 Å². The average molecular weight is 394 g/mol. The van der Waals surface area contributed by atoms with Gasteiger partial charge < -0.3 is 24.1 Å². The van der Waals surface area contributed by atoms with E-state index in [4.69, 9.17) is 14.2 Å². The second-order valence-electron chi connectivity index (χ2n) is 6.56. The molecule has 2 aromatic carbocycles. The van der Waals surface area contributed by atoms with Gasteiger partial charge >= 0.3 is 0 Å². The molecule has 152 valence electrons. The summed E-state index contributed by atoms with van der Waals surface area (Å²) < 4.78 is 18.2. The molecule has 0 aliphatic rings. The monoisotopic (exact) mass is 394 g/mol. The zero-order valence-electron chi connectivity index (χ0n) is 17.2. The molecule has 29 heavy (non-hydrogen) atoms. The summed E-state index contributed by atoms with van der Waals surface area (Å²) in [5.41, 5.74) is 2.69. The molecular weight excluding hydrogens is 368 g/mol. The summed E-state index contributed by atoms with van der Waals surface area (Å²) in [6.07, 6.45) is 6.33. The number of carbonyl (C=O) groups excluding carboxylic acids is 1. The number of carbonyl (C=O) groups is 1. The highest BCUT2D eigenvalue weighted by molar-refractivity contribution is 6.03. The summed E-state index contributed by atoms with van der Waals surface area (Å²) >= 11 is 0. The summed E-state index contributed by atoms with van der Waals surface area (Å²) in [6, 6.07) is 11.6. The third-order valence-corrected chi connectivity index (χ3v) is 4.62. The zero-order chi connectivity index (χ0) is 20.8. The van der Waals surface area contributed by atoms with Crippen molar-refractivity contribution in [1.29, 1.82) is 0 Å². The Kier molecular flexibility index (Phi) is 6.44. The van der Waals surface area contributed by atoms with Crippen LogP contribution in [-0.4, -0.2) is 31.8 Å². The van der Waals surface area contributed by atoms with Crippen LogP contribution in [0.25, 0.3) is 17.0 Å². The second-order valence-corrected chi connectivity index (χ2v) is 6.56. The fourth-order valence-corrected chi connectivity index (χ4v) is 3.27. The Hall–Kier alpha value is -3.41. The number of hydrogen-bond acceptors (Lipinski definition) is 4. The van der Waals surface area contributed by atoms with Crippen LogP contribution in [-0.2, 0) is 11.3 Å². The Morgan fingerprint density at radius 3 is 2.38 bits per heavy atom. The lowest BCUT2D eigenvalue weighted by molar-refractivity contribution is -0.111. The Balaban J connectivity index is 1.75. The molecule has 6 heteroatoms. The van der Waals surface area contributed by atoms with Crippen molar-refractivity contribution < 1.29 is 19.0 Å². The van der Waals surface area contributed by atoms with E-state index in [1.54, 1.807) is 39.5 Å². The first-order valence-electron chi connectivity index (χ1n) is 9.47. The molecule has 0 spiro atoms. The van der Waals surface area contributed by atoms with Gasteiger partial charge in [-0.05, 0) is 54.5 Å². The molecule has 0 radical (unpaired) electrons. The maximum Gasteiger partial charge on any atom is 0.248 e. The molecule has 3 rings (SSSR count). The molecule has 0 atom stereocenters. The summed E-state index contributed by atoms with van der Waals surface area (Å²) in [6.45, 7) is 3.13. The average Bonchev–Trinajstić information content (AvgIpc) is 3.13. The minimum absolute atomic E-state index is 0.217. The summed E-state index contributed by atoms with van der Waals surface area (Å²) in [4.78, 5) is 12.4. The largest absolute Gasteiger partial charge is 0.493 e. The molecule has 6 nitrogen and oxygen atoms in total. The molecule has 0 saturated heterocycles. The highest BCUT2D eigenvalue weighted by Crippen LogP contribution is 2.38. The minimum atomic E-state index is -0.217. The standard InChI is InChI=1S/C23H26N2O4/c1-5-11-25-12-10-17-15-18(7-8-19(17)25)24-22(26)9-6-16-13-20(27-2)23(29-4)21(14-16)28-3/h6-10,12-15H,5,11H2,1-4H3,(H,24,26). The van der Waals surface area contributed by atoms with Crippen molar-refractivity contribution >= 4 is 28.6 Å². The molecule has 0 saturated carbocycles. The van der Waals surface area contributed by atoms with Crippen molar-refractivity contribution in [2.45, 2.75) is 19.9 Å². The molecule has 1 aromatic heterocycles. The number of nitrogens with zero attached hydrogens (tertiary/aromatic N) is 1. The third kappa shape index (κ3) is 4.54. The van der Waals surface area contributed by atoms with Crippen LogP contribution in [0.3, 0.4) is 0 Å². The fraction of sp³-hybridized carbons (Fsp3) is 0.261. The van der Waals surface area contributed by atoms with Crippen molar-refractivity contribution in [2.24, 2.45) is 0 Å². The number of ether oxygens (including phenoxy) is 3. The van der Waals surface area contributed by atoms with Gasteiger partial charge in [0.25, 0.3) is 0 Å². The first kappa shape index (κ1) is 20.3. The number of aryl methyl sites for hydroxylation is 1. The van der Waals surface area contributed by atoms with Crippen LogP contribution in [0.1, 0.15) is 18.9 Å². The predicted octanol–water partition coefficient (Wildman–Crippen LogP) is 4.73. The van der Waals surface area contributed by atoms with Gasteiger partial charge in [0, 0.05) is 35.4 Å². The molecule has 1 amide bonds. The Labute approximate surface area is 170 Å². The van der Waals surface area contributed by atoms with Crippen molar-refractivity contribution in [3.05, 3.63) is 54.2 Å². The number of fused-ring (bicyclic) bond motifs is 1. The number of anilines is 1. The fourth-order valence-electron chi connectivity index (χ4n) is 3.27. The van der Waals surface area contributed by atoms with Crippen LogP contribution in [0, 0.1) is 0 Å². The quantitative estimate of drug-likeness (QED) is 0.561. The summed E-state index contributed by atoms with van der Waals surface area (Å²) in [5, 5.41) is 4.00. The Morgan fingerprint density at radius 2 is 1.76 bits per heavy atom. The topological polar surface area (TPSA) is 61.7 Å². The van der Waals surface area contributed by atoms with Crippen molar-refractivity contribution in [3.8, 4) is 17.2 Å². The van der Waals surface area contributed by atoms with Crippen LogP contribution in [0.2, 0.25) is 0 Å². The number of methoxy groups -OCH3 is 3. The molecular formula is C23H26N2O4. The van der Waals surface area contributed by atoms with Gasteiger partial charge in [-0.3, -0.25) is 4.79 Å². The highest BCUT2D eigenvalue weighted by atomic mass is 16.5. The van der Waals surface area contributed by atoms with E-state index < -0.39 is 0 Å². The first-order valence-corrected chi connectivity index (χ1v) is 9.47. The summed E-state index contributed by atoms with van der Waals surface area (Å²) in [7, 11) is 4.67. The number of amides is 1. The molecule has 3 aromatic rings. The van der Waals surface area contributed by atoms with Gasteiger partial charge in [0.1, 0.15) is 0 Å². The number of nitrogens with one attached hydrogen (secondary N) is 1. The number of hydrogen-bond donors (Lipinski definition) is 1. The van der Waals surface area contributed by atoms with E-state index in [0.717, 1.165) is 35.1 Å². The van der Waals surface area contributed by atoms with E-state index in [9.17, 15) is 4.79 Å². The SMILES string of the molecule is CCCn1ccc2cc(NC(=O)C=Cc3cc(OC)c(OC)c(OC)c3)ccc21. The third-order valence-electron chi connectivity index (χ3n) is 4.62. The van der Waals surface area contributed by atoms with Gasteiger partial charge in [-0.25, -0.2) is 0 Å². The number of aromatic nitrogens is 1. The van der Waals surface area contributed by atoms with Gasteiger partial charge in [0.15, 0.2) is 11.5 Å². The smallest absolute Gasteiger partial charge is 0.248 e. The number of benzene rings is 2. The van der Waals surface area contributed by atoms with Crippen LogP contribution >= 0.6 is 0 Å². The lowest BCUT2D eigenvalue weighted by atomic mass is 10.1. The molecule has 1 N–H and O–H groups in total. The van der Waals surface area contributed by atoms with Crippen molar-refractivity contribution in [2.75, 3.05) is 26.6 Å². The number of rotatable bonds is 8. The van der Waals surface area contributed by atoms with E-state index >= 15 is 0 Å². The van der Waals surface area contributed by atoms with Crippen LogP contribution in [0.15, 0.2) is 48.7 Å². The minimum Gasteiger partial charge on any atom is -0.493 e. The van der Waals surface area contributed by atoms with E-state index in [-0.39, 0.29) is 5.91 Å². The van der Waals surface area contributed by atoms with E-state index in [0.29, 0.717) is 17.2 Å². The lowest BCUT2D eigenvalue weighted by Crippen LogP contribution is -2.07. The molecule has 1 heterocycles. The summed E-state index contributed by atoms with van der Waals surface area (Å²) in [5.74, 6) is 1.37. The zero-order valence-corrected chi connectivity index (χ0v) is 17.2. The lowest BCUT2D eigenvalue weighted by Gasteiger charge is -2.12. The van der Waals surface area contributed by atoms with Gasteiger partial charge in [-0.15, -0.1) is 0 Å². The first-order chi connectivity index (χ1) is 14.1. The van der Waals surface area contributed by atoms with Gasteiger partial charge in [0.05, 0.1) is 21.3 Å². The predicted molar refractivity (Wildman–Crippen MR) is 116 cm³/mol. The van der Waals surface area contributed by atoms with E-state index in [1.165, 1.54) is 6.08 Å². The molecule has 0 fully saturated rings. The van der Waals surface area contributed by atoms with E-state index in [2.05, 4.69) is 29.1 Å². The van der Waals surface area contributed by atoms with Crippen LogP contribution < -0.4 is 19.5 Å². The maximum absolute atomic E-state index is 12.4. The van der Waals surface area contributed by atoms with Crippen molar-refractivity contribution in [3.63, 3.8) is 0 Å². The molecule has 0 unspecified atom stereocenters. The molecule has 0 bridgehead atoms. The van der Waals surface area contributed by atoms with Crippen molar-refractivity contribution in [1.82, 2.24) is 4.57 Å². The second kappa shape index (κ2) is 9.19. The Bertz CT molecular complexity index is 1010. The van der Waals surface area contributed by atoms with Gasteiger partial charge in [0.2, 0.25) is 11.7 Å². The maximum atomic E-state index is 12.4. The molecule has 0 aliphatic carbocycles. The van der Waals surface area contributed by atoms with E-state index in [1.807, 2.05) is 18.2 Å². The molecule has 0 aliphatic heterocycles. The Morgan fingerprint density at radius 1 is 1.03 bits per heavy atom. The van der Waals surface area contributed by atoms with Crippen LogP contribution in [0.4, 0.5) is 5.69 Å².